The first-order valence-corrected chi connectivity index (χ1v) is 24.4. The van der Waals surface area contributed by atoms with Gasteiger partial charge in [0.15, 0.2) is 0 Å². The van der Waals surface area contributed by atoms with Gasteiger partial charge < -0.3 is 4.74 Å². The largest absolute Gasteiger partial charge is 0.374 e. The number of hydrogen-bond acceptors (Lipinski definition) is 1. The highest BCUT2D eigenvalue weighted by atomic mass is 16.5. The summed E-state index contributed by atoms with van der Waals surface area (Å²) in [6.45, 7) is 0. The van der Waals surface area contributed by atoms with Crippen molar-refractivity contribution in [2.24, 2.45) is 94.7 Å². The summed E-state index contributed by atoms with van der Waals surface area (Å²) < 4.78 is 7.70. The Hall–Kier alpha value is -0.0400. The summed E-state index contributed by atoms with van der Waals surface area (Å²) in [7, 11) is 0. The molecule has 1 aliphatic heterocycles. The van der Waals surface area contributed by atoms with Crippen LogP contribution in [0, 0.1) is 94.7 Å². The number of hydrogen-bond donors (Lipinski definition) is 0. The van der Waals surface area contributed by atoms with Crippen molar-refractivity contribution in [1.82, 2.24) is 0 Å². The fraction of sp³-hybridized carbons (Fsp3) is 1.00. The molecule has 0 bridgehead atoms. The van der Waals surface area contributed by atoms with Crippen LogP contribution in [0.2, 0.25) is 0 Å². The Morgan fingerprint density at radius 2 is 0.700 bits per heavy atom. The molecule has 1 heterocycles. The Bertz CT molecular complexity index is 1070. The summed E-state index contributed by atoms with van der Waals surface area (Å²) in [5.41, 5.74) is 0. The monoisotopic (exact) mass is 685 g/mol. The van der Waals surface area contributed by atoms with E-state index in [1.54, 1.807) is 109 Å². The van der Waals surface area contributed by atoms with Crippen molar-refractivity contribution in [2.75, 3.05) is 0 Å². The minimum atomic E-state index is 0.633. The lowest BCUT2D eigenvalue weighted by Gasteiger charge is -2.47. The third-order valence-electron chi connectivity index (χ3n) is 20.0. The van der Waals surface area contributed by atoms with Gasteiger partial charge in [-0.2, -0.15) is 0 Å². The zero-order valence-corrected chi connectivity index (χ0v) is 32.7. The van der Waals surface area contributed by atoms with E-state index in [9.17, 15) is 0 Å². The molecule has 10 aliphatic rings. The average Bonchev–Trinajstić information content (AvgIpc) is 3.74. The number of rotatable bonds is 5. The minimum Gasteiger partial charge on any atom is -0.374 e. The fourth-order valence-corrected chi connectivity index (χ4v) is 18.0. The fourth-order valence-electron chi connectivity index (χ4n) is 18.0. The normalized spacial score (nSPS) is 51.0. The Morgan fingerprint density at radius 1 is 0.240 bits per heavy atom. The van der Waals surface area contributed by atoms with Gasteiger partial charge in [-0.05, 0) is 178 Å². The molecule has 9 saturated carbocycles. The molecular formula is C49H80O. The van der Waals surface area contributed by atoms with Gasteiger partial charge in [0.05, 0.1) is 12.2 Å². The average molecular weight is 685 g/mol. The van der Waals surface area contributed by atoms with Crippen LogP contribution in [0.3, 0.4) is 0 Å². The quantitative estimate of drug-likeness (QED) is 0.280. The maximum absolute atomic E-state index is 7.70. The lowest BCUT2D eigenvalue weighted by molar-refractivity contribution is -0.0706. The molecule has 0 N–H and O–H groups in total. The molecule has 1 heteroatoms. The van der Waals surface area contributed by atoms with Crippen molar-refractivity contribution in [1.29, 1.82) is 0 Å². The highest BCUT2D eigenvalue weighted by Crippen LogP contribution is 2.65. The standard InChI is InChI=1S/C49H80O/c1-4-13-32(14-5-1)35-23-25-41-40-19-10-11-20-43(40)48(46(41)30-35)45-22-12-21-44-42-26-24-36(31-47(42)50-49(44)45)39-28-37(33-15-6-2-7-16-33)27-38(29-39)34-17-8-3-9-18-34/h32-49H,1-31H2. The lowest BCUT2D eigenvalue weighted by atomic mass is 9.57. The summed E-state index contributed by atoms with van der Waals surface area (Å²) in [5.74, 6) is 16.6. The first-order valence-electron chi connectivity index (χ1n) is 24.4. The first-order chi connectivity index (χ1) is 24.8. The Morgan fingerprint density at radius 3 is 1.34 bits per heavy atom. The van der Waals surface area contributed by atoms with Crippen LogP contribution >= 0.6 is 0 Å². The van der Waals surface area contributed by atoms with Crippen LogP contribution in [0.5, 0.6) is 0 Å². The predicted molar refractivity (Wildman–Crippen MR) is 208 cm³/mol. The van der Waals surface area contributed by atoms with E-state index in [4.69, 9.17) is 4.74 Å². The van der Waals surface area contributed by atoms with E-state index >= 15 is 0 Å². The van der Waals surface area contributed by atoms with Crippen molar-refractivity contribution in [3.05, 3.63) is 0 Å². The molecule has 9 aliphatic carbocycles. The van der Waals surface area contributed by atoms with Crippen LogP contribution in [-0.2, 0) is 4.74 Å². The van der Waals surface area contributed by atoms with Gasteiger partial charge in [-0.1, -0.05) is 116 Å². The number of fused-ring (bicyclic) bond motifs is 6. The summed E-state index contributed by atoms with van der Waals surface area (Å²) in [6, 6.07) is 0. The van der Waals surface area contributed by atoms with Crippen LogP contribution in [0.1, 0.15) is 199 Å². The van der Waals surface area contributed by atoms with Crippen molar-refractivity contribution in [3.63, 3.8) is 0 Å². The topological polar surface area (TPSA) is 9.23 Å². The van der Waals surface area contributed by atoms with E-state index in [0.29, 0.717) is 12.2 Å². The summed E-state index contributed by atoms with van der Waals surface area (Å²) in [5, 5.41) is 0. The molecule has 1 saturated heterocycles. The zero-order valence-electron chi connectivity index (χ0n) is 32.7. The summed E-state index contributed by atoms with van der Waals surface area (Å²) in [4.78, 5) is 0. The third kappa shape index (κ3) is 6.56. The summed E-state index contributed by atoms with van der Waals surface area (Å²) in [6.07, 6.45) is 49.7. The Kier molecular flexibility index (Phi) is 10.5. The lowest BCUT2D eigenvalue weighted by Crippen LogP contribution is -2.42. The van der Waals surface area contributed by atoms with E-state index in [1.165, 1.54) is 89.9 Å². The molecule has 10 fully saturated rings. The predicted octanol–water partition coefficient (Wildman–Crippen LogP) is 13.8. The molecule has 282 valence electrons. The van der Waals surface area contributed by atoms with Crippen LogP contribution in [-0.4, -0.2) is 12.2 Å². The van der Waals surface area contributed by atoms with Gasteiger partial charge in [-0.25, -0.2) is 0 Å². The second-order valence-electron chi connectivity index (χ2n) is 21.9. The highest BCUT2D eigenvalue weighted by Gasteiger charge is 2.60. The van der Waals surface area contributed by atoms with Gasteiger partial charge in [0.25, 0.3) is 0 Å². The molecule has 0 aromatic carbocycles. The molecule has 50 heavy (non-hydrogen) atoms. The first kappa shape index (κ1) is 34.5. The third-order valence-corrected chi connectivity index (χ3v) is 20.0. The van der Waals surface area contributed by atoms with Crippen LogP contribution in [0.4, 0.5) is 0 Å². The molecule has 0 aromatic heterocycles. The van der Waals surface area contributed by atoms with Gasteiger partial charge in [0.2, 0.25) is 0 Å². The van der Waals surface area contributed by atoms with Gasteiger partial charge in [0.1, 0.15) is 0 Å². The second kappa shape index (κ2) is 15.2. The molecule has 10 rings (SSSR count). The smallest absolute Gasteiger partial charge is 0.0641 e. The Balaban J connectivity index is 0.856. The highest BCUT2D eigenvalue weighted by molar-refractivity contribution is 5.08. The van der Waals surface area contributed by atoms with E-state index in [1.807, 2.05) is 0 Å². The van der Waals surface area contributed by atoms with Crippen LogP contribution < -0.4 is 0 Å². The van der Waals surface area contributed by atoms with Crippen molar-refractivity contribution >= 4 is 0 Å². The summed E-state index contributed by atoms with van der Waals surface area (Å²) >= 11 is 0. The SMILES string of the molecule is C1CCC(C2CC(C3CCCCC3)CC(C3CCC4C(C3)OC3C4CCCC3C3C4CCCCC4C4CCC(C5CCCCC5)CC43)C2)CC1. The molecule has 14 atom stereocenters. The van der Waals surface area contributed by atoms with E-state index in [-0.39, 0.29) is 0 Å². The van der Waals surface area contributed by atoms with E-state index in [2.05, 4.69) is 0 Å². The van der Waals surface area contributed by atoms with Gasteiger partial charge in [-0.15, -0.1) is 0 Å². The maximum atomic E-state index is 7.70. The molecule has 0 radical (unpaired) electrons. The maximum Gasteiger partial charge on any atom is 0.0641 e. The minimum absolute atomic E-state index is 0.633. The van der Waals surface area contributed by atoms with Crippen LogP contribution in [0.25, 0.3) is 0 Å². The molecule has 0 amide bonds. The number of ether oxygens (including phenoxy) is 1. The van der Waals surface area contributed by atoms with Crippen LogP contribution in [0.15, 0.2) is 0 Å². The zero-order chi connectivity index (χ0) is 33.0. The molecule has 0 aromatic rings. The molecule has 1 nitrogen and oxygen atoms in total. The van der Waals surface area contributed by atoms with Crippen molar-refractivity contribution in [2.45, 2.75) is 211 Å². The van der Waals surface area contributed by atoms with Gasteiger partial charge in [-0.3, -0.25) is 0 Å². The molecule has 0 spiro atoms. The molecular weight excluding hydrogens is 605 g/mol. The van der Waals surface area contributed by atoms with E-state index in [0.717, 1.165) is 94.7 Å². The second-order valence-corrected chi connectivity index (χ2v) is 21.9. The Labute approximate surface area is 309 Å². The van der Waals surface area contributed by atoms with Gasteiger partial charge in [0, 0.05) is 0 Å². The van der Waals surface area contributed by atoms with Gasteiger partial charge >= 0.3 is 0 Å². The van der Waals surface area contributed by atoms with E-state index < -0.39 is 0 Å². The van der Waals surface area contributed by atoms with Crippen molar-refractivity contribution in [3.8, 4) is 0 Å². The molecule has 14 unspecified atom stereocenters. The van der Waals surface area contributed by atoms with Crippen molar-refractivity contribution < 1.29 is 4.74 Å².